The fourth-order valence-electron chi connectivity index (χ4n) is 4.37. The molecule has 0 aromatic heterocycles. The second-order valence-corrected chi connectivity index (χ2v) is 6.85. The van der Waals surface area contributed by atoms with Crippen molar-refractivity contribution in [2.45, 2.75) is 70.0 Å². The number of nitrogens with one attached hydrogen (secondary N) is 1. The van der Waals surface area contributed by atoms with Crippen molar-refractivity contribution < 1.29 is 0 Å². The second-order valence-electron chi connectivity index (χ2n) is 6.85. The van der Waals surface area contributed by atoms with Gasteiger partial charge >= 0.3 is 0 Å². The number of hydrogen-bond acceptors (Lipinski definition) is 3. The van der Waals surface area contributed by atoms with Crippen LogP contribution in [0.15, 0.2) is 0 Å². The highest BCUT2D eigenvalue weighted by Crippen LogP contribution is 2.29. The number of rotatable bonds is 6. The Morgan fingerprint density at radius 3 is 2.37 bits per heavy atom. The topological polar surface area (TPSA) is 18.5 Å². The Morgan fingerprint density at radius 2 is 1.74 bits per heavy atom. The van der Waals surface area contributed by atoms with E-state index < -0.39 is 0 Å². The summed E-state index contributed by atoms with van der Waals surface area (Å²) in [6.45, 7) is 8.93. The summed E-state index contributed by atoms with van der Waals surface area (Å²) >= 11 is 0. The minimum Gasteiger partial charge on any atom is -0.311 e. The van der Waals surface area contributed by atoms with Crippen molar-refractivity contribution >= 4 is 0 Å². The van der Waals surface area contributed by atoms with E-state index in [0.29, 0.717) is 0 Å². The molecule has 3 heterocycles. The summed E-state index contributed by atoms with van der Waals surface area (Å²) in [7, 11) is 0. The SMILES string of the molecule is CCCN(CCN1CCCC1)C1CC2CCC(C1)N2. The Hall–Kier alpha value is -0.120. The minimum absolute atomic E-state index is 0.829. The first kappa shape index (κ1) is 13.8. The smallest absolute Gasteiger partial charge is 0.0125 e. The van der Waals surface area contributed by atoms with Crippen molar-refractivity contribution in [3.8, 4) is 0 Å². The van der Waals surface area contributed by atoms with Crippen molar-refractivity contribution in [1.82, 2.24) is 15.1 Å². The van der Waals surface area contributed by atoms with Crippen LogP contribution < -0.4 is 5.32 Å². The summed E-state index contributed by atoms with van der Waals surface area (Å²) in [6, 6.07) is 2.52. The summed E-state index contributed by atoms with van der Waals surface area (Å²) in [6.07, 6.45) is 9.79. The highest BCUT2D eigenvalue weighted by molar-refractivity contribution is 4.95. The van der Waals surface area contributed by atoms with E-state index in [-0.39, 0.29) is 0 Å². The van der Waals surface area contributed by atoms with Gasteiger partial charge in [0.1, 0.15) is 0 Å². The largest absolute Gasteiger partial charge is 0.311 e. The first-order valence-corrected chi connectivity index (χ1v) is 8.57. The summed E-state index contributed by atoms with van der Waals surface area (Å²) < 4.78 is 0. The lowest BCUT2D eigenvalue weighted by Crippen LogP contribution is -2.50. The quantitative estimate of drug-likeness (QED) is 0.793. The molecule has 2 atom stereocenters. The minimum atomic E-state index is 0.829. The zero-order valence-corrected chi connectivity index (χ0v) is 12.6. The zero-order chi connectivity index (χ0) is 13.1. The van der Waals surface area contributed by atoms with Crippen LogP contribution in [0.4, 0.5) is 0 Å². The summed E-state index contributed by atoms with van der Waals surface area (Å²) in [5, 5.41) is 3.78. The third-order valence-corrected chi connectivity index (χ3v) is 5.38. The molecule has 0 aliphatic carbocycles. The molecule has 0 radical (unpaired) electrons. The normalized spacial score (nSPS) is 35.4. The maximum absolute atomic E-state index is 3.78. The Balaban J connectivity index is 1.51. The molecule has 0 aromatic carbocycles. The van der Waals surface area contributed by atoms with Crippen LogP contribution in [0, 0.1) is 0 Å². The predicted molar refractivity (Wildman–Crippen MR) is 80.5 cm³/mol. The fraction of sp³-hybridized carbons (Fsp3) is 1.00. The average molecular weight is 265 g/mol. The van der Waals surface area contributed by atoms with E-state index in [2.05, 4.69) is 22.0 Å². The standard InChI is InChI=1S/C16H31N3/c1-2-7-19(11-10-18-8-3-4-9-18)16-12-14-5-6-15(13-16)17-14/h14-17H,2-13H2,1H3. The van der Waals surface area contributed by atoms with E-state index in [9.17, 15) is 0 Å². The van der Waals surface area contributed by atoms with Crippen LogP contribution in [0.3, 0.4) is 0 Å². The van der Waals surface area contributed by atoms with Crippen LogP contribution in [-0.2, 0) is 0 Å². The van der Waals surface area contributed by atoms with Gasteiger partial charge in [-0.05, 0) is 64.6 Å². The van der Waals surface area contributed by atoms with Gasteiger partial charge in [-0.15, -0.1) is 0 Å². The van der Waals surface area contributed by atoms with E-state index in [4.69, 9.17) is 0 Å². The van der Waals surface area contributed by atoms with Gasteiger partial charge in [-0.1, -0.05) is 6.92 Å². The molecule has 0 saturated carbocycles. The fourth-order valence-corrected chi connectivity index (χ4v) is 4.37. The molecule has 3 aliphatic heterocycles. The van der Waals surface area contributed by atoms with E-state index in [1.54, 1.807) is 0 Å². The Kier molecular flexibility index (Phi) is 4.78. The van der Waals surface area contributed by atoms with Crippen LogP contribution in [0.5, 0.6) is 0 Å². The van der Waals surface area contributed by atoms with E-state index >= 15 is 0 Å². The van der Waals surface area contributed by atoms with Gasteiger partial charge in [-0.3, -0.25) is 4.90 Å². The predicted octanol–water partition coefficient (Wildman–Crippen LogP) is 2.08. The third kappa shape index (κ3) is 3.50. The Morgan fingerprint density at radius 1 is 1.05 bits per heavy atom. The van der Waals surface area contributed by atoms with Crippen molar-refractivity contribution in [1.29, 1.82) is 0 Å². The molecule has 3 fully saturated rings. The molecule has 3 nitrogen and oxygen atoms in total. The molecule has 0 spiro atoms. The first-order chi connectivity index (χ1) is 9.35. The molecule has 110 valence electrons. The number of nitrogens with zero attached hydrogens (tertiary/aromatic N) is 2. The third-order valence-electron chi connectivity index (χ3n) is 5.38. The molecule has 0 aromatic rings. The van der Waals surface area contributed by atoms with Gasteiger partial charge in [0.05, 0.1) is 0 Å². The van der Waals surface area contributed by atoms with E-state index in [0.717, 1.165) is 18.1 Å². The molecule has 2 bridgehead atoms. The molecular weight excluding hydrogens is 234 g/mol. The first-order valence-electron chi connectivity index (χ1n) is 8.57. The van der Waals surface area contributed by atoms with Gasteiger partial charge in [0, 0.05) is 31.2 Å². The highest BCUT2D eigenvalue weighted by atomic mass is 15.2. The maximum Gasteiger partial charge on any atom is 0.0125 e. The van der Waals surface area contributed by atoms with Gasteiger partial charge in [-0.2, -0.15) is 0 Å². The molecule has 1 N–H and O–H groups in total. The van der Waals surface area contributed by atoms with Crippen molar-refractivity contribution in [2.75, 3.05) is 32.7 Å². The van der Waals surface area contributed by atoms with Crippen molar-refractivity contribution in [3.05, 3.63) is 0 Å². The number of hydrogen-bond donors (Lipinski definition) is 1. The molecule has 3 rings (SSSR count). The summed E-state index contributed by atoms with van der Waals surface area (Å²) in [5.41, 5.74) is 0. The van der Waals surface area contributed by atoms with E-state index in [1.165, 1.54) is 77.7 Å². The van der Waals surface area contributed by atoms with Gasteiger partial charge < -0.3 is 10.2 Å². The van der Waals surface area contributed by atoms with Crippen LogP contribution in [0.2, 0.25) is 0 Å². The van der Waals surface area contributed by atoms with Crippen LogP contribution in [-0.4, -0.2) is 60.6 Å². The summed E-state index contributed by atoms with van der Waals surface area (Å²) in [4.78, 5) is 5.48. The lowest BCUT2D eigenvalue weighted by Gasteiger charge is -2.38. The molecule has 2 unspecified atom stereocenters. The second kappa shape index (κ2) is 6.55. The van der Waals surface area contributed by atoms with Crippen LogP contribution >= 0.6 is 0 Å². The monoisotopic (exact) mass is 265 g/mol. The lowest BCUT2D eigenvalue weighted by atomic mass is 9.98. The van der Waals surface area contributed by atoms with Gasteiger partial charge in [0.2, 0.25) is 0 Å². The van der Waals surface area contributed by atoms with Crippen LogP contribution in [0.1, 0.15) is 51.9 Å². The van der Waals surface area contributed by atoms with Gasteiger partial charge in [-0.25, -0.2) is 0 Å². The maximum atomic E-state index is 3.78. The highest BCUT2D eigenvalue weighted by Gasteiger charge is 2.35. The number of likely N-dealkylation sites (tertiary alicyclic amines) is 1. The molecule has 3 aliphatic rings. The summed E-state index contributed by atoms with van der Waals surface area (Å²) in [5.74, 6) is 0. The molecular formula is C16H31N3. The van der Waals surface area contributed by atoms with Crippen LogP contribution in [0.25, 0.3) is 0 Å². The zero-order valence-electron chi connectivity index (χ0n) is 12.6. The van der Waals surface area contributed by atoms with Gasteiger partial charge in [0.15, 0.2) is 0 Å². The van der Waals surface area contributed by atoms with Gasteiger partial charge in [0.25, 0.3) is 0 Å². The number of fused-ring (bicyclic) bond motifs is 2. The lowest BCUT2D eigenvalue weighted by molar-refractivity contribution is 0.127. The molecule has 19 heavy (non-hydrogen) atoms. The molecule has 0 amide bonds. The Bertz CT molecular complexity index is 263. The number of piperidine rings is 1. The molecule has 3 saturated heterocycles. The van der Waals surface area contributed by atoms with E-state index in [1.807, 2.05) is 0 Å². The van der Waals surface area contributed by atoms with Crippen molar-refractivity contribution in [2.24, 2.45) is 0 Å². The molecule has 3 heteroatoms. The average Bonchev–Trinajstić information content (AvgIpc) is 3.04. The Labute approximate surface area is 118 Å². The van der Waals surface area contributed by atoms with Crippen molar-refractivity contribution in [3.63, 3.8) is 0 Å².